The number of pyridine rings is 6. The molecule has 546 valence electrons. The first-order valence-corrected chi connectivity index (χ1v) is 34.8. The molecular weight excluding hydrogens is 1470 g/mol. The van der Waals surface area contributed by atoms with Crippen LogP contribution < -0.4 is 48.9 Å². The molecule has 9 heterocycles. The predicted octanol–water partition coefficient (Wildman–Crippen LogP) is 14.2. The number of fused-ring (bicyclic) bond motifs is 6. The van der Waals surface area contributed by atoms with Crippen LogP contribution in [-0.2, 0) is 49.9 Å². The predicted molar refractivity (Wildman–Crippen MR) is 386 cm³/mol. The van der Waals surface area contributed by atoms with Crippen LogP contribution in [0.1, 0.15) is 72.3 Å². The van der Waals surface area contributed by atoms with Gasteiger partial charge in [-0.15, -0.1) is 26.3 Å². The van der Waals surface area contributed by atoms with Gasteiger partial charge in [0.25, 0.3) is 0 Å². The first-order chi connectivity index (χ1) is 51.8. The number of methoxy groups -OCH3 is 2. The molecule has 108 heavy (non-hydrogen) atoms. The van der Waals surface area contributed by atoms with Crippen molar-refractivity contribution >= 4 is 78.2 Å². The Kier molecular flexibility index (Phi) is 18.8. The number of alkyl halides is 6. The van der Waals surface area contributed by atoms with Gasteiger partial charge < -0.3 is 52.9 Å². The summed E-state index contributed by atoms with van der Waals surface area (Å²) in [5.74, 6) is 0.692. The molecule has 3 aliphatic carbocycles. The van der Waals surface area contributed by atoms with Crippen molar-refractivity contribution in [3.8, 4) is 68.8 Å². The number of nitrogens with one attached hydrogen (secondary N) is 1. The fourth-order valence-electron chi connectivity index (χ4n) is 13.6. The smallest absolute Gasteiger partial charge is 0.481 e. The van der Waals surface area contributed by atoms with Crippen molar-refractivity contribution < 1.29 is 88.7 Å². The van der Waals surface area contributed by atoms with E-state index in [0.29, 0.717) is 99.8 Å². The van der Waals surface area contributed by atoms with Crippen molar-refractivity contribution in [2.24, 2.45) is 0 Å². The molecule has 6 aromatic heterocycles. The zero-order chi connectivity index (χ0) is 75.5. The van der Waals surface area contributed by atoms with Crippen LogP contribution in [0.15, 0.2) is 210 Å². The van der Waals surface area contributed by atoms with Crippen LogP contribution in [0, 0.1) is 0 Å². The lowest BCUT2D eigenvalue weighted by molar-refractivity contribution is -0.287. The number of H-pyrrole nitrogens is 1. The zero-order valence-electron chi connectivity index (χ0n) is 57.2. The lowest BCUT2D eigenvalue weighted by Gasteiger charge is -2.16. The number of rotatable bonds is 17. The van der Waals surface area contributed by atoms with Crippen LogP contribution >= 0.6 is 15.9 Å². The molecule has 0 amide bonds. The molecular formula is C80H60BBrF6N6O14. The van der Waals surface area contributed by atoms with Gasteiger partial charge in [-0.05, 0) is 160 Å². The molecule has 6 aromatic carbocycles. The lowest BCUT2D eigenvalue weighted by atomic mass is 9.82. The summed E-state index contributed by atoms with van der Waals surface area (Å²) in [4.78, 5) is 76.4. The number of benzene rings is 6. The monoisotopic (exact) mass is 1530 g/mol. The van der Waals surface area contributed by atoms with E-state index in [1.165, 1.54) is 61.8 Å². The summed E-state index contributed by atoms with van der Waals surface area (Å²) in [6.07, 6.45) is -2.12. The van der Waals surface area contributed by atoms with Crippen molar-refractivity contribution in [1.29, 1.82) is 0 Å². The maximum atomic E-state index is 13.5. The number of aromatic nitrogens is 6. The minimum absolute atomic E-state index is 0.00953. The van der Waals surface area contributed by atoms with Gasteiger partial charge in [0.15, 0.2) is 34.5 Å². The minimum Gasteiger partial charge on any atom is -0.481 e. The second kappa shape index (κ2) is 28.2. The molecule has 0 saturated heterocycles. The maximum absolute atomic E-state index is 13.5. The summed E-state index contributed by atoms with van der Waals surface area (Å²) in [7, 11) is 1.59. The average Bonchev–Trinajstić information content (AvgIpc) is 1.59. The van der Waals surface area contributed by atoms with Crippen molar-refractivity contribution in [1.82, 2.24) is 29.9 Å². The molecule has 0 atom stereocenters. The number of ketones is 3. The molecule has 6 aliphatic rings. The summed E-state index contributed by atoms with van der Waals surface area (Å²) in [5.41, 5.74) is 4.83. The van der Waals surface area contributed by atoms with Gasteiger partial charge in [-0.2, -0.15) is 0 Å². The van der Waals surface area contributed by atoms with Gasteiger partial charge in [0.1, 0.15) is 22.0 Å². The van der Waals surface area contributed by atoms with Crippen LogP contribution in [0.5, 0.6) is 46.3 Å². The van der Waals surface area contributed by atoms with Crippen molar-refractivity contribution in [3.63, 3.8) is 0 Å². The second-order valence-electron chi connectivity index (χ2n) is 26.6. The molecule has 0 bridgehead atoms. The summed E-state index contributed by atoms with van der Waals surface area (Å²) >= 11 is 3.47. The zero-order valence-corrected chi connectivity index (χ0v) is 58.8. The third-order valence-electron chi connectivity index (χ3n) is 19.6. The average molecular weight is 1530 g/mol. The summed E-state index contributed by atoms with van der Waals surface area (Å²) < 4.78 is 118. The van der Waals surface area contributed by atoms with E-state index in [-0.39, 0.29) is 76.7 Å². The minimum atomic E-state index is -3.70. The fourth-order valence-corrected chi connectivity index (χ4v) is 14.2. The van der Waals surface area contributed by atoms with Crippen LogP contribution in [0.2, 0.25) is 0 Å². The highest BCUT2D eigenvalue weighted by Crippen LogP contribution is 2.56. The molecule has 0 spiro atoms. The van der Waals surface area contributed by atoms with Crippen LogP contribution in [-0.4, -0.2) is 97.5 Å². The van der Waals surface area contributed by atoms with Crippen LogP contribution in [0.25, 0.3) is 54.8 Å². The first kappa shape index (κ1) is 71.8. The van der Waals surface area contributed by atoms with Crippen LogP contribution in [0.3, 0.4) is 0 Å². The molecule has 3 N–H and O–H groups in total. The third kappa shape index (κ3) is 14.8. The van der Waals surface area contributed by atoms with Gasteiger partial charge in [0.2, 0.25) is 17.3 Å². The number of hydrogen-bond donors (Lipinski definition) is 3. The number of hydrogen-bond acceptors (Lipinski definition) is 19. The van der Waals surface area contributed by atoms with Crippen molar-refractivity contribution in [3.05, 3.63) is 249 Å². The molecule has 20 nitrogen and oxygen atoms in total. The van der Waals surface area contributed by atoms with Gasteiger partial charge in [-0.3, -0.25) is 29.1 Å². The first-order valence-electron chi connectivity index (χ1n) is 34.0. The van der Waals surface area contributed by atoms with Crippen molar-refractivity contribution in [2.45, 2.75) is 92.9 Å². The molecule has 0 unspecified atom stereocenters. The summed E-state index contributed by atoms with van der Waals surface area (Å²) in [6.45, 7) is 0. The quantitative estimate of drug-likeness (QED) is 0.0434. The number of halogens is 7. The molecule has 3 fully saturated rings. The van der Waals surface area contributed by atoms with E-state index in [4.69, 9.17) is 29.5 Å². The Labute approximate surface area is 618 Å². The number of carbonyl (C=O) groups is 3. The highest BCUT2D eigenvalue weighted by molar-refractivity contribution is 9.10. The van der Waals surface area contributed by atoms with E-state index >= 15 is 0 Å². The van der Waals surface area contributed by atoms with Gasteiger partial charge >= 0.3 is 26.0 Å². The Morgan fingerprint density at radius 3 is 1.19 bits per heavy atom. The van der Waals surface area contributed by atoms with Gasteiger partial charge in [0.05, 0.1) is 41.9 Å². The Bertz CT molecular complexity index is 5590. The number of nitrogens with zero attached hydrogens (tertiary/aromatic N) is 5. The van der Waals surface area contributed by atoms with E-state index in [1.54, 1.807) is 55.9 Å². The molecule has 3 aliphatic heterocycles. The Morgan fingerprint density at radius 1 is 0.454 bits per heavy atom. The Hall–Kier alpha value is -11.7. The maximum Gasteiger partial charge on any atom is 0.586 e. The van der Waals surface area contributed by atoms with E-state index in [2.05, 4.69) is 64.3 Å². The molecule has 0 radical (unpaired) electrons. The molecule has 12 aromatic rings. The van der Waals surface area contributed by atoms with Crippen LogP contribution in [0.4, 0.5) is 26.3 Å². The van der Waals surface area contributed by atoms with E-state index in [9.17, 15) is 45.5 Å². The standard InChI is InChI=1S/C27H20F2N2O4.C26H18F2N2O4.C21H14BrF2NO3.C6H8BNO3/c1-33-24-9-6-17(15-30-24)25-20-5-3-2-4-16(20)12-19(31-25)14-23(32)26(10-11-26)18-7-8-21-22(13-18)35-27(28,29)34-21;27-26(28)33-20-7-6-17(12-21(20)34-26)25(9-10-25)22(31)13-18-11-15-3-1-2-4-19(15)24(30-18)16-5-8-23(32)29-14-16;22-19-15-4-2-1-3-12(15)9-14(25-19)11-18(26)20(7-8-20)13-5-6-16-17(10-13)28-21(23,24)27-16;1-11-6-3-2-5(4-8-6)7(9)10/h2-9,12-13,15H,10-11,14H2,1H3;1-8,11-12,14H,9-10,13H2,(H,29,32);1-6,9-10H,7-8,11H2;2-4,9-10H,1H3. The summed E-state index contributed by atoms with van der Waals surface area (Å²) in [6, 6.07) is 52.7. The number of aromatic amines is 1. The second-order valence-corrected chi connectivity index (χ2v) is 27.3. The molecule has 28 heteroatoms. The summed E-state index contributed by atoms with van der Waals surface area (Å²) in [5, 5.41) is 23.1. The SMILES string of the molecule is COc1ccc(-c2nc(CC(=O)C3(c4ccc5c(c4)OC(F)(F)O5)CC3)cc3ccccc23)cn1.COc1ccc(B(O)O)cn1.O=C(Cc1cc2ccccc2c(-c2ccc(=O)[nH]c2)n1)C1(c2ccc3c(c2)OC(F)(F)O3)CC1.O=C(Cc1cc2ccccc2c(Br)n1)C1(c2ccc3c(c2)OC(F)(F)O3)CC1. The largest absolute Gasteiger partial charge is 0.586 e. The van der Waals surface area contributed by atoms with Crippen molar-refractivity contribution in [2.75, 3.05) is 14.2 Å². The number of carbonyl (C=O) groups excluding carboxylic acids is 3. The van der Waals surface area contributed by atoms with E-state index < -0.39 is 42.2 Å². The lowest BCUT2D eigenvalue weighted by Crippen LogP contribution is -2.29. The van der Waals surface area contributed by atoms with Gasteiger partial charge in [-0.1, -0.05) is 97.1 Å². The third-order valence-corrected chi connectivity index (χ3v) is 20.2. The fraction of sp³-hybridized carbons (Fsp3) is 0.212. The van der Waals surface area contributed by atoms with E-state index in [0.717, 1.165) is 49.1 Å². The van der Waals surface area contributed by atoms with Gasteiger partial charge in [0, 0.05) is 99.8 Å². The highest BCUT2D eigenvalue weighted by Gasteiger charge is 2.55. The molecule has 18 rings (SSSR count). The number of ether oxygens (including phenoxy) is 8. The molecule has 3 saturated carbocycles. The number of Topliss-reactive ketones (excluding diaryl/α,β-unsaturated/α-hetero) is 3. The highest BCUT2D eigenvalue weighted by atomic mass is 79.9. The normalized spacial score (nSPS) is 16.5. The Morgan fingerprint density at radius 2 is 0.824 bits per heavy atom. The van der Waals surface area contributed by atoms with E-state index in [1.807, 2.05) is 97.1 Å². The Balaban J connectivity index is 0.000000121. The topological polar surface area (TPSA) is 263 Å². The van der Waals surface area contributed by atoms with Gasteiger partial charge in [-0.25, -0.2) is 15.0 Å².